The van der Waals surface area contributed by atoms with E-state index in [0.29, 0.717) is 52.0 Å². The normalized spacial score (nSPS) is 20.1. The van der Waals surface area contributed by atoms with E-state index in [1.165, 1.54) is 9.91 Å². The van der Waals surface area contributed by atoms with Gasteiger partial charge in [0.05, 0.1) is 48.8 Å². The van der Waals surface area contributed by atoms with Crippen molar-refractivity contribution in [2.75, 3.05) is 84.7 Å². The Kier molecular flexibility index (Phi) is 17.4. The monoisotopic (exact) mass is 994 g/mol. The first kappa shape index (κ1) is 54.2. The molecule has 0 aliphatic carbocycles. The van der Waals surface area contributed by atoms with Gasteiger partial charge in [0, 0.05) is 100 Å². The van der Waals surface area contributed by atoms with Crippen molar-refractivity contribution in [2.24, 2.45) is 17.3 Å². The van der Waals surface area contributed by atoms with E-state index in [-0.39, 0.29) is 37.0 Å². The number of hydrogen-bond donors (Lipinski definition) is 2. The van der Waals surface area contributed by atoms with Gasteiger partial charge in [0.2, 0.25) is 11.8 Å². The second-order valence-corrected chi connectivity index (χ2v) is 21.7. The molecule has 392 valence electrons. The van der Waals surface area contributed by atoms with Crippen molar-refractivity contribution in [2.45, 2.75) is 131 Å². The summed E-state index contributed by atoms with van der Waals surface area (Å²) in [5, 5.41) is 5.38. The van der Waals surface area contributed by atoms with Crippen LogP contribution in [0.5, 0.6) is 0 Å². The maximum Gasteiger partial charge on any atom is 0.324 e. The minimum atomic E-state index is -0.961. The fraction of sp³-hybridized carbons (Fsp3) is 0.636. The highest BCUT2D eigenvalue weighted by atomic mass is 16.5. The zero-order chi connectivity index (χ0) is 52.1. The second kappa shape index (κ2) is 23.1. The first-order valence-electron chi connectivity index (χ1n) is 26.1. The number of hydrazine groups is 1. The summed E-state index contributed by atoms with van der Waals surface area (Å²) in [7, 11) is 3.30. The Hall–Kier alpha value is -5.54. The van der Waals surface area contributed by atoms with Crippen LogP contribution in [-0.4, -0.2) is 162 Å². The number of morpholine rings is 1. The number of aromatic nitrogens is 2. The van der Waals surface area contributed by atoms with Gasteiger partial charge in [-0.15, -0.1) is 0 Å². The Morgan fingerprint density at radius 1 is 0.972 bits per heavy atom. The molecule has 17 nitrogen and oxygen atoms in total. The van der Waals surface area contributed by atoms with E-state index in [2.05, 4.69) is 82.0 Å². The highest BCUT2D eigenvalue weighted by Gasteiger charge is 2.40. The lowest BCUT2D eigenvalue weighted by Gasteiger charge is -2.41. The molecule has 5 atom stereocenters. The van der Waals surface area contributed by atoms with Gasteiger partial charge in [-0.3, -0.25) is 38.9 Å². The number of benzene rings is 1. The molecular formula is C55H79N9O8. The quantitative estimate of drug-likeness (QED) is 0.134. The molecule has 4 aliphatic heterocycles. The number of pyridine rings is 1. The molecular weight excluding hydrogens is 915 g/mol. The molecule has 17 heteroatoms. The topological polar surface area (TPSA) is 171 Å². The van der Waals surface area contributed by atoms with E-state index < -0.39 is 52.8 Å². The summed E-state index contributed by atoms with van der Waals surface area (Å²) in [4.78, 5) is 81.2. The SMILES string of the molecule is CCn1c(-c2cccnc2[C@H](C)OC)c(CC(C)(C)COC(=O)[C@@H]2CCCN(C(=O)[C@H](C)NC(=O)[C@H](C(C)C)N(C)C(=O)[C@H]3CCN(C(=O)C#CC(C)(C)N4CCC4)C3)N2)c2cc(N3CCOCC3)ccc21. The fourth-order valence-electron chi connectivity index (χ4n) is 10.6. The van der Waals surface area contributed by atoms with E-state index in [1.54, 1.807) is 32.2 Å². The van der Waals surface area contributed by atoms with Crippen molar-refractivity contribution >= 4 is 46.2 Å². The average Bonchev–Trinajstić information content (AvgIpc) is 3.96. The van der Waals surface area contributed by atoms with E-state index >= 15 is 0 Å². The fourth-order valence-corrected chi connectivity index (χ4v) is 10.6. The Labute approximate surface area is 426 Å². The molecule has 4 saturated heterocycles. The Morgan fingerprint density at radius 2 is 1.71 bits per heavy atom. The number of carbonyl (C=O) groups excluding carboxylic acids is 5. The van der Waals surface area contributed by atoms with Crippen LogP contribution >= 0.6 is 0 Å². The van der Waals surface area contributed by atoms with Crippen LogP contribution in [-0.2, 0) is 51.1 Å². The van der Waals surface area contributed by atoms with Gasteiger partial charge in [-0.05, 0) is 114 Å². The zero-order valence-electron chi connectivity index (χ0n) is 44.6. The maximum atomic E-state index is 13.9. The number of anilines is 1. The summed E-state index contributed by atoms with van der Waals surface area (Å²) in [6.07, 6.45) is 4.76. The predicted molar refractivity (Wildman–Crippen MR) is 277 cm³/mol. The molecule has 1 aromatic carbocycles. The van der Waals surface area contributed by atoms with Crippen LogP contribution in [0, 0.1) is 29.1 Å². The summed E-state index contributed by atoms with van der Waals surface area (Å²) in [6, 6.07) is 8.16. The molecule has 6 heterocycles. The molecule has 4 fully saturated rings. The molecule has 7 rings (SSSR count). The third kappa shape index (κ3) is 12.1. The number of methoxy groups -OCH3 is 1. The number of nitrogens with zero attached hydrogens (tertiary/aromatic N) is 7. The number of rotatable bonds is 17. The molecule has 3 aromatic rings. The highest BCUT2D eigenvalue weighted by molar-refractivity contribution is 5.96. The molecule has 4 amide bonds. The van der Waals surface area contributed by atoms with E-state index in [9.17, 15) is 24.0 Å². The Morgan fingerprint density at radius 3 is 2.38 bits per heavy atom. The first-order chi connectivity index (χ1) is 34.2. The third-order valence-corrected chi connectivity index (χ3v) is 15.0. The summed E-state index contributed by atoms with van der Waals surface area (Å²) in [6.45, 7) is 24.4. The molecule has 72 heavy (non-hydrogen) atoms. The number of carbonyl (C=O) groups is 5. The van der Waals surface area contributed by atoms with Gasteiger partial charge in [-0.25, -0.2) is 5.43 Å². The van der Waals surface area contributed by atoms with Crippen molar-refractivity contribution in [3.63, 3.8) is 0 Å². The Bertz CT molecular complexity index is 2520. The molecule has 0 spiro atoms. The minimum Gasteiger partial charge on any atom is -0.464 e. The number of ether oxygens (including phenoxy) is 3. The van der Waals surface area contributed by atoms with Crippen LogP contribution in [0.1, 0.15) is 105 Å². The van der Waals surface area contributed by atoms with Crippen molar-refractivity contribution in [3.05, 3.63) is 47.8 Å². The van der Waals surface area contributed by atoms with Gasteiger partial charge in [-0.2, -0.15) is 0 Å². The van der Waals surface area contributed by atoms with Crippen molar-refractivity contribution in [3.8, 4) is 23.1 Å². The molecule has 2 aromatic heterocycles. The number of hydrogen-bond acceptors (Lipinski definition) is 12. The van der Waals surface area contributed by atoms with Gasteiger partial charge in [0.25, 0.3) is 11.8 Å². The van der Waals surface area contributed by atoms with Gasteiger partial charge in [-0.1, -0.05) is 33.6 Å². The van der Waals surface area contributed by atoms with Crippen LogP contribution in [0.2, 0.25) is 0 Å². The van der Waals surface area contributed by atoms with Gasteiger partial charge < -0.3 is 38.8 Å². The predicted octanol–water partition coefficient (Wildman–Crippen LogP) is 5.20. The highest BCUT2D eigenvalue weighted by Crippen LogP contribution is 2.42. The number of esters is 1. The minimum absolute atomic E-state index is 0.128. The van der Waals surface area contributed by atoms with E-state index in [4.69, 9.17) is 19.2 Å². The molecule has 0 radical (unpaired) electrons. The zero-order valence-corrected chi connectivity index (χ0v) is 44.6. The van der Waals surface area contributed by atoms with Gasteiger partial charge in [0.1, 0.15) is 18.1 Å². The molecule has 0 unspecified atom stereocenters. The lowest BCUT2D eigenvalue weighted by atomic mass is 9.84. The summed E-state index contributed by atoms with van der Waals surface area (Å²) in [5.41, 5.74) is 8.49. The number of nitrogens with one attached hydrogen (secondary N) is 2. The van der Waals surface area contributed by atoms with E-state index in [1.807, 2.05) is 40.7 Å². The summed E-state index contributed by atoms with van der Waals surface area (Å²) < 4.78 is 20.0. The lowest BCUT2D eigenvalue weighted by molar-refractivity contribution is -0.155. The number of likely N-dealkylation sites (tertiary alicyclic amines) is 2. The summed E-state index contributed by atoms with van der Waals surface area (Å²) >= 11 is 0. The standard InChI is InChI=1S/C55H79N9O8/c1-12-63-45-19-18-40(60-28-30-71-31-29-60)32-42(45)43(49(63)41-16-13-23-56-47(41)38(5)70-11)33-54(6,7)35-72-53(69)44-17-14-26-64(58-44)51(67)37(4)57-50(66)48(36(2)3)59(10)52(68)39-21-27-61(34-39)46(65)20-22-55(8,9)62-24-15-25-62/h13,16,18-19,23,32,36-39,44,48,58H,12,14-15,17,21,24-31,33-35H2,1-11H3,(H,57,66)/t37-,38-,39-,44-,48-/m0/s1. The largest absolute Gasteiger partial charge is 0.464 e. The van der Waals surface area contributed by atoms with Gasteiger partial charge >= 0.3 is 5.97 Å². The Balaban J connectivity index is 0.980. The molecule has 2 N–H and O–H groups in total. The van der Waals surface area contributed by atoms with Crippen LogP contribution in [0.3, 0.4) is 0 Å². The smallest absolute Gasteiger partial charge is 0.324 e. The summed E-state index contributed by atoms with van der Waals surface area (Å²) in [5.74, 6) is 3.32. The third-order valence-electron chi connectivity index (χ3n) is 15.0. The second-order valence-electron chi connectivity index (χ2n) is 21.7. The number of aryl methyl sites for hydroxylation is 1. The van der Waals surface area contributed by atoms with Gasteiger partial charge in [0.15, 0.2) is 0 Å². The van der Waals surface area contributed by atoms with E-state index in [0.717, 1.165) is 78.2 Å². The van der Waals surface area contributed by atoms with Crippen LogP contribution in [0.15, 0.2) is 36.5 Å². The van der Waals surface area contributed by atoms with Crippen LogP contribution in [0.25, 0.3) is 22.2 Å². The number of likely N-dealkylation sites (N-methyl/N-ethyl adjacent to an activating group) is 1. The van der Waals surface area contributed by atoms with Crippen molar-refractivity contribution in [1.29, 1.82) is 0 Å². The average molecular weight is 994 g/mol. The molecule has 0 bridgehead atoms. The molecule has 0 saturated carbocycles. The lowest BCUT2D eigenvalue weighted by Crippen LogP contribution is -2.61. The van der Waals surface area contributed by atoms with Crippen molar-refractivity contribution in [1.82, 2.24) is 40.0 Å². The van der Waals surface area contributed by atoms with Crippen molar-refractivity contribution < 1.29 is 38.2 Å². The maximum absolute atomic E-state index is 13.9. The first-order valence-corrected chi connectivity index (χ1v) is 26.1. The number of amides is 4. The number of fused-ring (bicyclic) bond motifs is 1. The van der Waals surface area contributed by atoms with Crippen LogP contribution in [0.4, 0.5) is 5.69 Å². The van der Waals surface area contributed by atoms with Crippen LogP contribution < -0.4 is 15.6 Å². The molecule has 4 aliphatic rings.